The number of ether oxygens (including phenoxy) is 2. The normalized spacial score (nSPS) is 22.2. The zero-order chi connectivity index (χ0) is 24.1. The van der Waals surface area contributed by atoms with Gasteiger partial charge in [-0.15, -0.1) is 0 Å². The molecule has 1 aliphatic carbocycles. The van der Waals surface area contributed by atoms with Crippen LogP contribution in [-0.4, -0.2) is 60.0 Å². The maximum absolute atomic E-state index is 12.4. The molecule has 1 N–H and O–H groups in total. The van der Waals surface area contributed by atoms with Gasteiger partial charge in [0, 0.05) is 37.3 Å². The zero-order valence-electron chi connectivity index (χ0n) is 19.8. The highest BCUT2D eigenvalue weighted by Gasteiger charge is 2.29. The maximum atomic E-state index is 12.4. The first-order valence-electron chi connectivity index (χ1n) is 11.9. The van der Waals surface area contributed by atoms with Crippen LogP contribution in [0, 0.1) is 5.92 Å². The van der Waals surface area contributed by atoms with Crippen molar-refractivity contribution in [1.82, 2.24) is 15.2 Å². The van der Waals surface area contributed by atoms with Crippen molar-refractivity contribution in [3.05, 3.63) is 23.4 Å². The van der Waals surface area contributed by atoms with Crippen molar-refractivity contribution in [2.24, 2.45) is 5.92 Å². The Morgan fingerprint density at radius 1 is 1.12 bits per heavy atom. The Bertz CT molecular complexity index is 787. The lowest BCUT2D eigenvalue weighted by molar-refractivity contribution is -0.154. The first-order valence-corrected chi connectivity index (χ1v) is 11.9. The summed E-state index contributed by atoms with van der Waals surface area (Å²) in [4.78, 5) is 18.7. The summed E-state index contributed by atoms with van der Waals surface area (Å²) in [5.74, 6) is 0.684. The molecule has 0 radical (unpaired) electrons. The lowest BCUT2D eigenvalue weighted by Crippen LogP contribution is -2.41. The number of nitrogens with zero attached hydrogens (tertiary/aromatic N) is 2. The predicted octanol–water partition coefficient (Wildman–Crippen LogP) is 4.90. The largest absolute Gasteiger partial charge is 0.468 e. The molecule has 9 heteroatoms. The quantitative estimate of drug-likeness (QED) is 0.640. The van der Waals surface area contributed by atoms with Gasteiger partial charge in [0.05, 0.1) is 0 Å². The monoisotopic (exact) mass is 471 g/mol. The Morgan fingerprint density at radius 3 is 2.48 bits per heavy atom. The summed E-state index contributed by atoms with van der Waals surface area (Å²) in [6.45, 7) is 7.04. The topological polar surface area (TPSA) is 63.7 Å². The van der Waals surface area contributed by atoms with Crippen molar-refractivity contribution in [1.29, 1.82) is 0 Å². The summed E-state index contributed by atoms with van der Waals surface area (Å²) >= 11 is 0. The van der Waals surface area contributed by atoms with Gasteiger partial charge in [0.15, 0.2) is 6.61 Å². The van der Waals surface area contributed by atoms with Crippen LogP contribution in [0.15, 0.2) is 12.1 Å². The van der Waals surface area contributed by atoms with Crippen LogP contribution in [0.1, 0.15) is 64.1 Å². The van der Waals surface area contributed by atoms with Gasteiger partial charge in [0.1, 0.15) is 5.60 Å². The second-order valence-corrected chi connectivity index (χ2v) is 10.2. The molecular weight excluding hydrogens is 435 g/mol. The molecule has 0 bridgehead atoms. The SMILES string of the molecule is CC(C)(C)OC(=O)NC1CCC(CCN2CCc3ccc(OCC(F)(F)F)nc3CC2)CC1. The molecular formula is C24H36F3N3O3. The minimum absolute atomic E-state index is 0.0382. The van der Waals surface area contributed by atoms with Crippen LogP contribution in [0.4, 0.5) is 18.0 Å². The van der Waals surface area contributed by atoms with Gasteiger partial charge >= 0.3 is 12.3 Å². The summed E-state index contributed by atoms with van der Waals surface area (Å²) in [6, 6.07) is 3.56. The van der Waals surface area contributed by atoms with E-state index in [0.717, 1.165) is 69.4 Å². The number of pyridine rings is 1. The smallest absolute Gasteiger partial charge is 0.422 e. The second kappa shape index (κ2) is 10.9. The highest BCUT2D eigenvalue weighted by atomic mass is 19.4. The molecule has 186 valence electrons. The molecule has 1 amide bonds. The maximum Gasteiger partial charge on any atom is 0.422 e. The van der Waals surface area contributed by atoms with Crippen LogP contribution in [0.25, 0.3) is 0 Å². The number of hydrogen-bond acceptors (Lipinski definition) is 5. The average molecular weight is 472 g/mol. The van der Waals surface area contributed by atoms with E-state index >= 15 is 0 Å². The van der Waals surface area contributed by atoms with Crippen LogP contribution >= 0.6 is 0 Å². The number of halogens is 3. The van der Waals surface area contributed by atoms with Crippen molar-refractivity contribution >= 4 is 6.09 Å². The number of alkyl halides is 3. The first kappa shape index (κ1) is 25.6. The highest BCUT2D eigenvalue weighted by Crippen LogP contribution is 2.28. The van der Waals surface area contributed by atoms with Gasteiger partial charge in [-0.25, -0.2) is 9.78 Å². The molecule has 1 aromatic heterocycles. The number of carbonyl (C=O) groups excluding carboxylic acids is 1. The van der Waals surface area contributed by atoms with E-state index in [1.54, 1.807) is 0 Å². The fourth-order valence-electron chi connectivity index (χ4n) is 4.50. The van der Waals surface area contributed by atoms with Crippen LogP contribution in [0.3, 0.4) is 0 Å². The minimum atomic E-state index is -4.36. The molecule has 1 aliphatic heterocycles. The molecule has 1 saturated carbocycles. The van der Waals surface area contributed by atoms with E-state index in [0.29, 0.717) is 12.3 Å². The van der Waals surface area contributed by atoms with E-state index in [2.05, 4.69) is 15.2 Å². The van der Waals surface area contributed by atoms with Gasteiger partial charge in [0.2, 0.25) is 5.88 Å². The minimum Gasteiger partial charge on any atom is -0.468 e. The molecule has 1 fully saturated rings. The van der Waals surface area contributed by atoms with Gasteiger partial charge in [-0.3, -0.25) is 0 Å². The third kappa shape index (κ3) is 9.02. The molecule has 33 heavy (non-hydrogen) atoms. The average Bonchev–Trinajstić information content (AvgIpc) is 2.92. The number of hydrogen-bond donors (Lipinski definition) is 1. The molecule has 2 heterocycles. The Kier molecular flexibility index (Phi) is 8.48. The first-order chi connectivity index (χ1) is 15.5. The van der Waals surface area contributed by atoms with Crippen molar-refractivity contribution in [2.45, 2.75) is 83.5 Å². The van der Waals surface area contributed by atoms with Gasteiger partial charge in [0.25, 0.3) is 0 Å². The Hall–Kier alpha value is -2.03. The Morgan fingerprint density at radius 2 is 1.82 bits per heavy atom. The van der Waals surface area contributed by atoms with Gasteiger partial charge in [-0.1, -0.05) is 6.07 Å². The van der Waals surface area contributed by atoms with Gasteiger partial charge < -0.3 is 19.7 Å². The molecule has 0 unspecified atom stereocenters. The zero-order valence-corrected chi connectivity index (χ0v) is 19.8. The molecule has 2 aliphatic rings. The molecule has 3 rings (SSSR count). The van der Waals surface area contributed by atoms with E-state index in [-0.39, 0.29) is 18.0 Å². The van der Waals surface area contributed by atoms with Gasteiger partial charge in [-0.2, -0.15) is 13.2 Å². The molecule has 0 atom stereocenters. The van der Waals surface area contributed by atoms with E-state index < -0.39 is 18.4 Å². The summed E-state index contributed by atoms with van der Waals surface area (Å²) in [5.41, 5.74) is 1.44. The van der Waals surface area contributed by atoms with Crippen molar-refractivity contribution < 1.29 is 27.4 Å². The third-order valence-electron chi connectivity index (χ3n) is 6.21. The number of rotatable bonds is 6. The highest BCUT2D eigenvalue weighted by molar-refractivity contribution is 5.68. The van der Waals surface area contributed by atoms with Crippen LogP contribution in [0.2, 0.25) is 0 Å². The summed E-state index contributed by atoms with van der Waals surface area (Å²) in [6.07, 6.45) is 2.10. The number of amides is 1. The van der Waals surface area contributed by atoms with Crippen LogP contribution in [0.5, 0.6) is 5.88 Å². The van der Waals surface area contributed by atoms with Crippen LogP contribution < -0.4 is 10.1 Å². The van der Waals surface area contributed by atoms with Crippen molar-refractivity contribution in [3.63, 3.8) is 0 Å². The number of alkyl carbamates (subject to hydrolysis) is 1. The second-order valence-electron chi connectivity index (χ2n) is 10.2. The fraction of sp³-hybridized carbons (Fsp3) is 0.750. The van der Waals surface area contributed by atoms with E-state index in [4.69, 9.17) is 9.47 Å². The fourth-order valence-corrected chi connectivity index (χ4v) is 4.50. The predicted molar refractivity (Wildman–Crippen MR) is 119 cm³/mol. The number of aromatic nitrogens is 1. The molecule has 0 saturated heterocycles. The number of nitrogens with one attached hydrogen (secondary N) is 1. The lowest BCUT2D eigenvalue weighted by atomic mass is 9.84. The van der Waals surface area contributed by atoms with E-state index in [1.165, 1.54) is 6.07 Å². The Labute approximate surface area is 194 Å². The summed E-state index contributed by atoms with van der Waals surface area (Å²) in [5, 5.41) is 2.99. The van der Waals surface area contributed by atoms with Gasteiger partial charge in [-0.05, 0) is 77.3 Å². The van der Waals surface area contributed by atoms with Crippen molar-refractivity contribution in [2.75, 3.05) is 26.2 Å². The summed E-state index contributed by atoms with van der Waals surface area (Å²) < 4.78 is 47.3. The standard InChI is InChI=1S/C24H36F3N3O3/c1-23(2,3)33-22(31)28-19-7-4-17(5-8-19)10-13-30-14-11-18-6-9-21(29-20(18)12-15-30)32-16-24(25,26)27/h6,9,17,19H,4-5,7-8,10-16H2,1-3H3,(H,28,31). The summed E-state index contributed by atoms with van der Waals surface area (Å²) in [7, 11) is 0. The number of carbonyl (C=O) groups is 1. The van der Waals surface area contributed by atoms with Crippen molar-refractivity contribution in [3.8, 4) is 5.88 Å². The molecule has 0 aromatic carbocycles. The molecule has 1 aromatic rings. The lowest BCUT2D eigenvalue weighted by Gasteiger charge is -2.31. The van der Waals surface area contributed by atoms with Crippen LogP contribution in [-0.2, 0) is 17.6 Å². The third-order valence-corrected chi connectivity index (χ3v) is 6.21. The molecule has 6 nitrogen and oxygen atoms in total. The number of fused-ring (bicyclic) bond motifs is 1. The van der Waals surface area contributed by atoms with E-state index in [1.807, 2.05) is 26.8 Å². The Balaban J connectivity index is 1.38. The van der Waals surface area contributed by atoms with E-state index in [9.17, 15) is 18.0 Å². The molecule has 0 spiro atoms.